The largest absolute Gasteiger partial charge is 0.375 e. The van der Waals surface area contributed by atoms with Crippen molar-refractivity contribution in [1.82, 2.24) is 20.2 Å². The Morgan fingerprint density at radius 2 is 1.83 bits per heavy atom. The molecule has 9 nitrogen and oxygen atoms in total. The maximum absolute atomic E-state index is 13.8. The molecule has 0 spiro atoms. The van der Waals surface area contributed by atoms with Crippen LogP contribution in [-0.4, -0.2) is 65.4 Å². The van der Waals surface area contributed by atoms with Gasteiger partial charge in [-0.2, -0.15) is 0 Å². The van der Waals surface area contributed by atoms with Gasteiger partial charge in [-0.25, -0.2) is 14.4 Å². The second-order valence-corrected chi connectivity index (χ2v) is 6.75. The smallest absolute Gasteiger partial charge is 0.273 e. The first-order valence-corrected chi connectivity index (χ1v) is 9.44. The number of likely N-dealkylation sites (tertiary alicyclic amines) is 1. The fourth-order valence-electron chi connectivity index (χ4n) is 3.16. The molecular formula is C20H22FN5O4. The summed E-state index contributed by atoms with van der Waals surface area (Å²) in [5.41, 5.74) is -0.234. The first-order valence-electron chi connectivity index (χ1n) is 9.44. The second kappa shape index (κ2) is 9.88. The molecule has 3 rings (SSSR count). The molecule has 3 amide bonds. The highest BCUT2D eigenvalue weighted by molar-refractivity contribution is 6.07. The number of piperidine rings is 1. The van der Waals surface area contributed by atoms with Crippen LogP contribution in [0.15, 0.2) is 36.7 Å². The van der Waals surface area contributed by atoms with Gasteiger partial charge >= 0.3 is 0 Å². The number of halogens is 1. The standard InChI is InChI=1S/C20H22FN5O4/c1-30-12-16(27)26-10-6-13(7-11-26)24-20(29)17-18(23-9-8-22-17)25-19(28)14-4-2-3-5-15(14)21/h2-5,8-9,13H,6-7,10-12H2,1H3,(H,24,29)(H,23,25,28). The van der Waals surface area contributed by atoms with Crippen LogP contribution < -0.4 is 10.6 Å². The first-order chi connectivity index (χ1) is 14.5. The van der Waals surface area contributed by atoms with Crippen LogP contribution in [0.1, 0.15) is 33.7 Å². The summed E-state index contributed by atoms with van der Waals surface area (Å²) in [6, 6.07) is 5.36. The molecule has 2 aromatic rings. The van der Waals surface area contributed by atoms with Gasteiger partial charge in [0.25, 0.3) is 11.8 Å². The Balaban J connectivity index is 1.63. The molecule has 0 bridgehead atoms. The van der Waals surface area contributed by atoms with Gasteiger partial charge in [0.2, 0.25) is 5.91 Å². The Kier molecular flexibility index (Phi) is 7.02. The van der Waals surface area contributed by atoms with Crippen LogP contribution in [0.3, 0.4) is 0 Å². The van der Waals surface area contributed by atoms with Crippen molar-refractivity contribution in [3.63, 3.8) is 0 Å². The van der Waals surface area contributed by atoms with Gasteiger partial charge in [-0.3, -0.25) is 14.4 Å². The normalized spacial score (nSPS) is 14.3. The molecule has 10 heteroatoms. The number of ether oxygens (including phenoxy) is 1. The van der Waals surface area contributed by atoms with Crippen LogP contribution in [0.25, 0.3) is 0 Å². The fraction of sp³-hybridized carbons (Fsp3) is 0.350. The van der Waals surface area contributed by atoms with E-state index in [9.17, 15) is 18.8 Å². The van der Waals surface area contributed by atoms with Crippen LogP contribution >= 0.6 is 0 Å². The van der Waals surface area contributed by atoms with E-state index in [0.717, 1.165) is 0 Å². The van der Waals surface area contributed by atoms with Gasteiger partial charge in [-0.15, -0.1) is 0 Å². The van der Waals surface area contributed by atoms with Gasteiger partial charge < -0.3 is 20.3 Å². The maximum Gasteiger partial charge on any atom is 0.273 e. The molecule has 0 unspecified atom stereocenters. The maximum atomic E-state index is 13.8. The van der Waals surface area contributed by atoms with Gasteiger partial charge in [0.1, 0.15) is 12.4 Å². The van der Waals surface area contributed by atoms with Crippen molar-refractivity contribution >= 4 is 23.5 Å². The fourth-order valence-corrected chi connectivity index (χ4v) is 3.16. The van der Waals surface area contributed by atoms with Crippen molar-refractivity contribution in [3.05, 3.63) is 53.7 Å². The van der Waals surface area contributed by atoms with Crippen molar-refractivity contribution in [2.75, 3.05) is 32.1 Å². The van der Waals surface area contributed by atoms with Crippen molar-refractivity contribution < 1.29 is 23.5 Å². The third kappa shape index (κ3) is 5.15. The molecule has 1 fully saturated rings. The van der Waals surface area contributed by atoms with E-state index >= 15 is 0 Å². The molecule has 1 aliphatic rings. The van der Waals surface area contributed by atoms with Gasteiger partial charge in [0.15, 0.2) is 11.5 Å². The van der Waals surface area contributed by atoms with E-state index in [2.05, 4.69) is 20.6 Å². The van der Waals surface area contributed by atoms with E-state index < -0.39 is 17.6 Å². The van der Waals surface area contributed by atoms with E-state index in [1.54, 1.807) is 4.90 Å². The molecule has 1 aromatic heterocycles. The number of hydrogen-bond acceptors (Lipinski definition) is 6. The molecule has 2 N–H and O–H groups in total. The third-order valence-corrected chi connectivity index (χ3v) is 4.71. The quantitative estimate of drug-likeness (QED) is 0.734. The molecule has 0 atom stereocenters. The van der Waals surface area contributed by atoms with E-state index in [-0.39, 0.29) is 35.6 Å². The lowest BCUT2D eigenvalue weighted by atomic mass is 10.0. The van der Waals surface area contributed by atoms with Crippen molar-refractivity contribution in [2.45, 2.75) is 18.9 Å². The zero-order valence-corrected chi connectivity index (χ0v) is 16.4. The van der Waals surface area contributed by atoms with Crippen LogP contribution in [-0.2, 0) is 9.53 Å². The zero-order chi connectivity index (χ0) is 21.5. The number of rotatable bonds is 6. The van der Waals surface area contributed by atoms with Crippen molar-refractivity contribution in [3.8, 4) is 0 Å². The topological polar surface area (TPSA) is 114 Å². The minimum absolute atomic E-state index is 0.0295. The summed E-state index contributed by atoms with van der Waals surface area (Å²) in [6.07, 6.45) is 3.82. The highest BCUT2D eigenvalue weighted by Crippen LogP contribution is 2.15. The molecule has 30 heavy (non-hydrogen) atoms. The second-order valence-electron chi connectivity index (χ2n) is 6.75. The number of benzene rings is 1. The lowest BCUT2D eigenvalue weighted by Crippen LogP contribution is -2.47. The minimum atomic E-state index is -0.729. The highest BCUT2D eigenvalue weighted by Gasteiger charge is 2.26. The predicted octanol–water partition coefficient (Wildman–Crippen LogP) is 1.24. The Bertz CT molecular complexity index is 931. The average molecular weight is 415 g/mol. The molecule has 1 saturated heterocycles. The molecule has 1 aromatic carbocycles. The summed E-state index contributed by atoms with van der Waals surface area (Å²) in [5, 5.41) is 5.30. The lowest BCUT2D eigenvalue weighted by molar-refractivity contribution is -0.136. The van der Waals surface area contributed by atoms with E-state index in [1.165, 1.54) is 43.8 Å². The van der Waals surface area contributed by atoms with Crippen LogP contribution in [0.4, 0.5) is 10.2 Å². The minimum Gasteiger partial charge on any atom is -0.375 e. The molecule has 0 aliphatic carbocycles. The molecule has 2 heterocycles. The monoisotopic (exact) mass is 415 g/mol. The summed E-state index contributed by atoms with van der Waals surface area (Å²) in [5.74, 6) is -2.06. The van der Waals surface area contributed by atoms with E-state index in [4.69, 9.17) is 4.74 Å². The number of amides is 3. The molecule has 0 saturated carbocycles. The molecule has 158 valence electrons. The number of nitrogens with zero attached hydrogens (tertiary/aromatic N) is 3. The van der Waals surface area contributed by atoms with Gasteiger partial charge in [0, 0.05) is 38.6 Å². The summed E-state index contributed by atoms with van der Waals surface area (Å²) in [6.45, 7) is 1.04. The Morgan fingerprint density at radius 1 is 1.13 bits per heavy atom. The van der Waals surface area contributed by atoms with Crippen LogP contribution in [0, 0.1) is 5.82 Å². The summed E-state index contributed by atoms with van der Waals surface area (Å²) >= 11 is 0. The Morgan fingerprint density at radius 3 is 2.53 bits per heavy atom. The van der Waals surface area contributed by atoms with Gasteiger partial charge in [-0.1, -0.05) is 12.1 Å². The van der Waals surface area contributed by atoms with Crippen LogP contribution in [0.5, 0.6) is 0 Å². The predicted molar refractivity (Wildman–Crippen MR) is 105 cm³/mol. The van der Waals surface area contributed by atoms with E-state index in [1.807, 2.05) is 0 Å². The molecule has 0 radical (unpaired) electrons. The Hall–Kier alpha value is -3.40. The number of anilines is 1. The number of hydrogen-bond donors (Lipinski definition) is 2. The number of nitrogens with one attached hydrogen (secondary N) is 2. The van der Waals surface area contributed by atoms with E-state index in [0.29, 0.717) is 25.9 Å². The SMILES string of the molecule is COCC(=O)N1CCC(NC(=O)c2nccnc2NC(=O)c2ccccc2F)CC1. The number of carbonyl (C=O) groups is 3. The summed E-state index contributed by atoms with van der Waals surface area (Å²) in [7, 11) is 1.47. The number of carbonyl (C=O) groups excluding carboxylic acids is 3. The molecule has 1 aliphatic heterocycles. The number of methoxy groups -OCH3 is 1. The Labute approximate surface area is 172 Å². The zero-order valence-electron chi connectivity index (χ0n) is 16.4. The van der Waals surface area contributed by atoms with Gasteiger partial charge in [-0.05, 0) is 25.0 Å². The van der Waals surface area contributed by atoms with Crippen LogP contribution in [0.2, 0.25) is 0 Å². The average Bonchev–Trinajstić information content (AvgIpc) is 2.75. The lowest BCUT2D eigenvalue weighted by Gasteiger charge is -2.32. The summed E-state index contributed by atoms with van der Waals surface area (Å²) < 4.78 is 18.7. The highest BCUT2D eigenvalue weighted by atomic mass is 19.1. The van der Waals surface area contributed by atoms with Crippen molar-refractivity contribution in [2.24, 2.45) is 0 Å². The first kappa shape index (κ1) is 21.3. The third-order valence-electron chi connectivity index (χ3n) is 4.71. The number of aromatic nitrogens is 2. The van der Waals surface area contributed by atoms with Crippen molar-refractivity contribution in [1.29, 1.82) is 0 Å². The summed E-state index contributed by atoms with van der Waals surface area (Å²) in [4.78, 5) is 46.6. The van der Waals surface area contributed by atoms with Gasteiger partial charge in [0.05, 0.1) is 5.56 Å². The molecular weight excluding hydrogens is 393 g/mol.